The first kappa shape index (κ1) is 11.1. The van der Waals surface area contributed by atoms with Crippen molar-refractivity contribution in [2.75, 3.05) is 7.05 Å². The van der Waals surface area contributed by atoms with Crippen LogP contribution in [0.2, 0.25) is 0 Å². The number of H-pyrrole nitrogens is 1. The minimum absolute atomic E-state index is 0. The van der Waals surface area contributed by atoms with Crippen molar-refractivity contribution < 1.29 is 56.2 Å². The van der Waals surface area contributed by atoms with Crippen molar-refractivity contribution in [1.29, 1.82) is 0 Å². The van der Waals surface area contributed by atoms with Gasteiger partial charge in [-0.15, -0.1) is 0 Å². The van der Waals surface area contributed by atoms with E-state index in [1.807, 2.05) is 0 Å². The molecule has 0 aromatic carbocycles. The van der Waals surface area contributed by atoms with Crippen LogP contribution in [-0.4, -0.2) is 23.2 Å². The monoisotopic (exact) mass is 178 g/mol. The number of nitrogens with zero attached hydrogens (tertiary/aromatic N) is 2. The fourth-order valence-electron chi connectivity index (χ4n) is 0.630. The Bertz CT molecular complexity index is 246. The fourth-order valence-corrected chi connectivity index (χ4v) is 0.630. The number of hydrogen-bond donors (Lipinski definition) is 2. The van der Waals surface area contributed by atoms with Crippen LogP contribution < -0.4 is 57.1 Å². The molecule has 54 valence electrons. The Balaban J connectivity index is 0.000001000. The second-order valence-corrected chi connectivity index (χ2v) is 1.72. The summed E-state index contributed by atoms with van der Waals surface area (Å²) in [5, 5.41) is 9.85. The summed E-state index contributed by atoms with van der Waals surface area (Å²) in [6, 6.07) is 0. The van der Waals surface area contributed by atoms with Gasteiger partial charge in [-0.3, -0.25) is 9.89 Å². The van der Waals surface area contributed by atoms with E-state index in [2.05, 4.69) is 15.5 Å². The number of primary amides is 1. The van der Waals surface area contributed by atoms with Gasteiger partial charge in [0.2, 0.25) is 5.91 Å². The number of aromatic nitrogens is 2. The van der Waals surface area contributed by atoms with Crippen molar-refractivity contribution >= 4 is 11.7 Å². The molecule has 0 atom stereocenters. The predicted octanol–water partition coefficient (Wildman–Crippen LogP) is -2.85. The van der Waals surface area contributed by atoms with E-state index in [-0.39, 0.29) is 51.4 Å². The van der Waals surface area contributed by atoms with Crippen LogP contribution in [0.4, 0.5) is 5.82 Å². The summed E-state index contributed by atoms with van der Waals surface area (Å²) in [6.07, 6.45) is 1.35. The summed E-state index contributed by atoms with van der Waals surface area (Å²) in [6.45, 7) is 0. The maximum absolute atomic E-state index is 10.5. The molecule has 0 fully saturated rings. The third kappa shape index (κ3) is 2.57. The molecule has 6 heteroatoms. The molecule has 1 rings (SSSR count). The second-order valence-electron chi connectivity index (χ2n) is 1.72. The molecule has 0 spiro atoms. The quantitative estimate of drug-likeness (QED) is 0.477. The smallest absolute Gasteiger partial charge is 0.467 e. The number of amides is 1. The molecule has 1 amide bonds. The van der Waals surface area contributed by atoms with Gasteiger partial charge >= 0.3 is 51.4 Å². The van der Waals surface area contributed by atoms with Gasteiger partial charge in [0.05, 0.1) is 5.56 Å². The molecule has 0 saturated heterocycles. The molecule has 0 radical (unpaired) electrons. The Morgan fingerprint density at radius 3 is 2.82 bits per heavy atom. The molecule has 0 unspecified atom stereocenters. The molecular formula is C5H7KN4O. The second kappa shape index (κ2) is 4.89. The maximum Gasteiger partial charge on any atom is 1.00 e. The van der Waals surface area contributed by atoms with E-state index in [4.69, 9.17) is 5.73 Å². The molecule has 1 aromatic rings. The topological polar surface area (TPSA) is 85.9 Å². The van der Waals surface area contributed by atoms with E-state index < -0.39 is 5.91 Å². The summed E-state index contributed by atoms with van der Waals surface area (Å²) >= 11 is 0. The van der Waals surface area contributed by atoms with Gasteiger partial charge in [-0.1, -0.05) is 7.05 Å². The van der Waals surface area contributed by atoms with Crippen molar-refractivity contribution in [2.24, 2.45) is 5.73 Å². The van der Waals surface area contributed by atoms with Crippen LogP contribution in [0.1, 0.15) is 10.4 Å². The largest absolute Gasteiger partial charge is 1.00 e. The average molecular weight is 178 g/mol. The standard InChI is InChI=1S/C5H8N4O.K/c1-7-5-3(4(6)10)2-8-9-5;/h2H,1H3,(H4,6,7,8,9,10);/q;+1/p-1. The number of hydrogen-bond acceptors (Lipinski definition) is 2. The van der Waals surface area contributed by atoms with Gasteiger partial charge < -0.3 is 16.1 Å². The Morgan fingerprint density at radius 1 is 1.82 bits per heavy atom. The van der Waals surface area contributed by atoms with Gasteiger partial charge in [-0.2, -0.15) is 0 Å². The van der Waals surface area contributed by atoms with Gasteiger partial charge in [0.1, 0.15) is 0 Å². The van der Waals surface area contributed by atoms with Crippen LogP contribution in [0.25, 0.3) is 5.32 Å². The van der Waals surface area contributed by atoms with Crippen LogP contribution in [0, 0.1) is 0 Å². The van der Waals surface area contributed by atoms with Crippen molar-refractivity contribution in [3.63, 3.8) is 0 Å². The number of rotatable bonds is 2. The molecule has 3 N–H and O–H groups in total. The fraction of sp³-hybridized carbons (Fsp3) is 0.200. The summed E-state index contributed by atoms with van der Waals surface area (Å²) < 4.78 is 0. The van der Waals surface area contributed by atoms with Crippen molar-refractivity contribution in [3.05, 3.63) is 17.1 Å². The predicted molar refractivity (Wildman–Crippen MR) is 36.0 cm³/mol. The molecule has 0 bridgehead atoms. The van der Waals surface area contributed by atoms with Crippen LogP contribution in [0.15, 0.2) is 6.20 Å². The zero-order valence-corrected chi connectivity index (χ0v) is 9.58. The minimum atomic E-state index is -0.519. The summed E-state index contributed by atoms with van der Waals surface area (Å²) in [4.78, 5) is 10.5. The number of aromatic amines is 1. The molecule has 11 heavy (non-hydrogen) atoms. The van der Waals surface area contributed by atoms with E-state index >= 15 is 0 Å². The van der Waals surface area contributed by atoms with E-state index in [0.29, 0.717) is 11.4 Å². The van der Waals surface area contributed by atoms with Gasteiger partial charge in [-0.05, 0) is 5.82 Å². The van der Waals surface area contributed by atoms with Crippen LogP contribution >= 0.6 is 0 Å². The number of carbonyl (C=O) groups excluding carboxylic acids is 1. The molecule has 0 aliphatic carbocycles. The van der Waals surface area contributed by atoms with Crippen LogP contribution in [0.5, 0.6) is 0 Å². The third-order valence-electron chi connectivity index (χ3n) is 1.11. The van der Waals surface area contributed by atoms with Gasteiger partial charge in [0.15, 0.2) is 0 Å². The molecule has 0 aliphatic rings. The van der Waals surface area contributed by atoms with Gasteiger partial charge in [0.25, 0.3) is 0 Å². The Kier molecular flexibility index (Phi) is 4.94. The first-order valence-electron chi connectivity index (χ1n) is 2.68. The van der Waals surface area contributed by atoms with E-state index in [0.717, 1.165) is 0 Å². The number of nitrogens with two attached hydrogens (primary N) is 1. The summed E-state index contributed by atoms with van der Waals surface area (Å²) in [5.74, 6) is -0.0955. The van der Waals surface area contributed by atoms with E-state index in [9.17, 15) is 4.79 Å². The Labute approximate surface area is 107 Å². The Morgan fingerprint density at radius 2 is 2.45 bits per heavy atom. The minimum Gasteiger partial charge on any atom is -0.467 e. The summed E-state index contributed by atoms with van der Waals surface area (Å²) in [5.41, 5.74) is 5.30. The molecule has 5 nitrogen and oxygen atoms in total. The number of carbonyl (C=O) groups is 1. The normalized spacial score (nSPS) is 8.45. The number of nitrogens with one attached hydrogen (secondary N) is 1. The van der Waals surface area contributed by atoms with Crippen LogP contribution in [0.3, 0.4) is 0 Å². The van der Waals surface area contributed by atoms with Crippen LogP contribution in [-0.2, 0) is 0 Å². The first-order chi connectivity index (χ1) is 4.75. The van der Waals surface area contributed by atoms with Crippen molar-refractivity contribution in [1.82, 2.24) is 10.2 Å². The molecule has 0 saturated carbocycles. The third-order valence-corrected chi connectivity index (χ3v) is 1.11. The van der Waals surface area contributed by atoms with Crippen molar-refractivity contribution in [2.45, 2.75) is 0 Å². The van der Waals surface area contributed by atoms with Gasteiger partial charge in [-0.25, -0.2) is 0 Å². The Hall–Kier alpha value is 0.116. The average Bonchev–Trinajstić information content (AvgIpc) is 2.33. The zero-order valence-electron chi connectivity index (χ0n) is 6.46. The molecular weight excluding hydrogens is 171 g/mol. The van der Waals surface area contributed by atoms with E-state index in [1.54, 1.807) is 7.05 Å². The zero-order chi connectivity index (χ0) is 7.56. The molecule has 0 aliphatic heterocycles. The maximum atomic E-state index is 10.5. The first-order valence-corrected chi connectivity index (χ1v) is 2.68. The van der Waals surface area contributed by atoms with Crippen molar-refractivity contribution in [3.8, 4) is 0 Å². The summed E-state index contributed by atoms with van der Waals surface area (Å²) in [7, 11) is 1.56. The SMILES string of the molecule is C[N-]c1[nH]ncc1C(N)=O.[K+]. The molecule has 1 aromatic heterocycles. The molecule has 1 heterocycles. The van der Waals surface area contributed by atoms with Gasteiger partial charge in [0, 0.05) is 6.20 Å². The van der Waals surface area contributed by atoms with E-state index in [1.165, 1.54) is 6.20 Å².